The Labute approximate surface area is 140 Å². The largest absolute Gasteiger partial charge is 0.354 e. The van der Waals surface area contributed by atoms with E-state index in [1.807, 2.05) is 0 Å². The summed E-state index contributed by atoms with van der Waals surface area (Å²) in [5.41, 5.74) is 0.352. The van der Waals surface area contributed by atoms with Crippen LogP contribution in [0.15, 0.2) is 4.47 Å². The SMILES string of the molecule is N#Cc1nc(N2CCNCC2)nc(N2CCS(=O)CC2)c1Br. The highest BCUT2D eigenvalue weighted by Crippen LogP contribution is 2.29. The van der Waals surface area contributed by atoms with E-state index < -0.39 is 10.8 Å². The Kier molecular flexibility index (Phi) is 4.90. The van der Waals surface area contributed by atoms with Crippen molar-refractivity contribution in [2.24, 2.45) is 0 Å². The maximum absolute atomic E-state index is 11.5. The molecule has 2 fully saturated rings. The van der Waals surface area contributed by atoms with Crippen molar-refractivity contribution in [2.45, 2.75) is 0 Å². The summed E-state index contributed by atoms with van der Waals surface area (Å²) in [6, 6.07) is 2.14. The van der Waals surface area contributed by atoms with Gasteiger partial charge in [0.1, 0.15) is 11.9 Å². The Morgan fingerprint density at radius 1 is 1.14 bits per heavy atom. The molecule has 1 aromatic heterocycles. The zero-order valence-corrected chi connectivity index (χ0v) is 14.5. The van der Waals surface area contributed by atoms with E-state index in [4.69, 9.17) is 0 Å². The van der Waals surface area contributed by atoms with Gasteiger partial charge >= 0.3 is 0 Å². The average molecular weight is 385 g/mol. The van der Waals surface area contributed by atoms with Gasteiger partial charge in [0.15, 0.2) is 5.69 Å². The molecule has 118 valence electrons. The standard InChI is InChI=1S/C13H17BrN6OS/c14-11-10(9-15)17-13(20-3-1-16-2-4-20)18-12(11)19-5-7-22(21)8-6-19/h16H,1-8H2. The summed E-state index contributed by atoms with van der Waals surface area (Å²) in [5.74, 6) is 2.61. The molecule has 0 bridgehead atoms. The van der Waals surface area contributed by atoms with E-state index in [0.29, 0.717) is 40.7 Å². The Morgan fingerprint density at radius 2 is 1.82 bits per heavy atom. The number of aromatic nitrogens is 2. The predicted octanol–water partition coefficient (Wildman–Crippen LogP) is 0.0891. The van der Waals surface area contributed by atoms with Crippen LogP contribution in [-0.4, -0.2) is 65.0 Å². The zero-order chi connectivity index (χ0) is 15.5. The number of hydrogen-bond acceptors (Lipinski definition) is 7. The van der Waals surface area contributed by atoms with E-state index >= 15 is 0 Å². The second-order valence-corrected chi connectivity index (χ2v) is 7.68. The van der Waals surface area contributed by atoms with Gasteiger partial charge in [0.25, 0.3) is 0 Å². The van der Waals surface area contributed by atoms with Crippen LogP contribution in [0.1, 0.15) is 5.69 Å². The van der Waals surface area contributed by atoms with E-state index in [0.717, 1.165) is 32.0 Å². The first kappa shape index (κ1) is 15.6. The lowest BCUT2D eigenvalue weighted by Gasteiger charge is -2.31. The molecule has 3 rings (SSSR count). The number of piperazine rings is 1. The number of nitrogens with zero attached hydrogens (tertiary/aromatic N) is 5. The molecule has 0 radical (unpaired) electrons. The predicted molar refractivity (Wildman–Crippen MR) is 89.6 cm³/mol. The van der Waals surface area contributed by atoms with Crippen molar-refractivity contribution in [3.8, 4) is 6.07 Å². The Hall–Kier alpha value is -1.24. The second-order valence-electron chi connectivity index (χ2n) is 5.19. The summed E-state index contributed by atoms with van der Waals surface area (Å²) < 4.78 is 12.2. The molecule has 0 saturated carbocycles. The second kappa shape index (κ2) is 6.89. The van der Waals surface area contributed by atoms with Gasteiger partial charge < -0.3 is 15.1 Å². The van der Waals surface area contributed by atoms with Crippen LogP contribution in [0, 0.1) is 11.3 Å². The molecule has 3 heterocycles. The van der Waals surface area contributed by atoms with Gasteiger partial charge in [-0.15, -0.1) is 0 Å². The van der Waals surface area contributed by atoms with E-state index in [1.165, 1.54) is 0 Å². The van der Waals surface area contributed by atoms with Gasteiger partial charge in [0.2, 0.25) is 5.95 Å². The van der Waals surface area contributed by atoms with Crippen LogP contribution in [0.25, 0.3) is 0 Å². The van der Waals surface area contributed by atoms with Gasteiger partial charge in [-0.25, -0.2) is 4.98 Å². The summed E-state index contributed by atoms with van der Waals surface area (Å²) in [7, 11) is -0.742. The molecule has 1 N–H and O–H groups in total. The zero-order valence-electron chi connectivity index (χ0n) is 12.1. The maximum Gasteiger partial charge on any atom is 0.228 e. The summed E-state index contributed by atoms with van der Waals surface area (Å²) in [4.78, 5) is 13.2. The summed E-state index contributed by atoms with van der Waals surface area (Å²) in [6.07, 6.45) is 0. The Balaban J connectivity index is 1.94. The molecule has 0 unspecified atom stereocenters. The fourth-order valence-electron chi connectivity index (χ4n) is 2.56. The number of nitriles is 1. The Bertz CT molecular complexity index is 618. The fraction of sp³-hybridized carbons (Fsp3) is 0.615. The molecule has 2 saturated heterocycles. The van der Waals surface area contributed by atoms with Crippen LogP contribution >= 0.6 is 15.9 Å². The molecule has 0 spiro atoms. The third kappa shape index (κ3) is 3.24. The van der Waals surface area contributed by atoms with Crippen LogP contribution < -0.4 is 15.1 Å². The van der Waals surface area contributed by atoms with Gasteiger partial charge in [-0.1, -0.05) is 0 Å². The van der Waals surface area contributed by atoms with Crippen molar-refractivity contribution in [3.05, 3.63) is 10.2 Å². The Morgan fingerprint density at radius 3 is 2.45 bits per heavy atom. The van der Waals surface area contributed by atoms with Crippen molar-refractivity contribution < 1.29 is 4.21 Å². The van der Waals surface area contributed by atoms with Crippen LogP contribution in [0.5, 0.6) is 0 Å². The molecule has 0 atom stereocenters. The molecule has 2 aliphatic rings. The third-order valence-electron chi connectivity index (χ3n) is 3.80. The van der Waals surface area contributed by atoms with E-state index in [1.54, 1.807) is 0 Å². The van der Waals surface area contributed by atoms with E-state index in [2.05, 4.69) is 47.1 Å². The first-order valence-electron chi connectivity index (χ1n) is 7.22. The van der Waals surface area contributed by atoms with Crippen molar-refractivity contribution >= 4 is 38.5 Å². The van der Waals surface area contributed by atoms with Gasteiger partial charge in [-0.3, -0.25) is 4.21 Å². The molecule has 0 amide bonds. The minimum Gasteiger partial charge on any atom is -0.354 e. The van der Waals surface area contributed by atoms with Crippen LogP contribution in [0.2, 0.25) is 0 Å². The number of rotatable bonds is 2. The van der Waals surface area contributed by atoms with E-state index in [-0.39, 0.29) is 0 Å². The molecular weight excluding hydrogens is 368 g/mol. The minimum atomic E-state index is -0.742. The third-order valence-corrected chi connectivity index (χ3v) is 5.81. The first-order valence-corrected chi connectivity index (χ1v) is 9.50. The minimum absolute atomic E-state index is 0.352. The number of halogens is 1. The summed E-state index contributed by atoms with van der Waals surface area (Å²) in [6.45, 7) is 4.81. The molecular formula is C13H17BrN6OS. The fourth-order valence-corrected chi connectivity index (χ4v) is 4.13. The number of nitrogens with one attached hydrogen (secondary N) is 1. The molecule has 7 nitrogen and oxygen atoms in total. The van der Waals surface area contributed by atoms with Gasteiger partial charge in [-0.05, 0) is 15.9 Å². The lowest BCUT2D eigenvalue weighted by Crippen LogP contribution is -2.45. The molecule has 9 heteroatoms. The monoisotopic (exact) mass is 384 g/mol. The van der Waals surface area contributed by atoms with Gasteiger partial charge in [-0.2, -0.15) is 10.2 Å². The first-order chi connectivity index (χ1) is 10.7. The summed E-state index contributed by atoms with van der Waals surface area (Å²) >= 11 is 3.45. The maximum atomic E-state index is 11.5. The average Bonchev–Trinajstić information content (AvgIpc) is 2.57. The molecule has 0 aromatic carbocycles. The van der Waals surface area contributed by atoms with Gasteiger partial charge in [0.05, 0.1) is 4.47 Å². The lowest BCUT2D eigenvalue weighted by atomic mass is 10.3. The van der Waals surface area contributed by atoms with Crippen molar-refractivity contribution in [3.63, 3.8) is 0 Å². The normalized spacial score (nSPS) is 20.0. The molecule has 0 aliphatic carbocycles. The summed E-state index contributed by atoms with van der Waals surface area (Å²) in [5, 5.41) is 12.6. The van der Waals surface area contributed by atoms with Crippen LogP contribution in [0.3, 0.4) is 0 Å². The van der Waals surface area contributed by atoms with Crippen molar-refractivity contribution in [1.29, 1.82) is 5.26 Å². The number of hydrogen-bond donors (Lipinski definition) is 1. The lowest BCUT2D eigenvalue weighted by molar-refractivity contribution is 0.579. The topological polar surface area (TPSA) is 85.2 Å². The van der Waals surface area contributed by atoms with Crippen LogP contribution in [0.4, 0.5) is 11.8 Å². The molecule has 2 aliphatic heterocycles. The quantitative estimate of drug-likeness (QED) is 0.772. The molecule has 22 heavy (non-hydrogen) atoms. The highest BCUT2D eigenvalue weighted by atomic mass is 79.9. The molecule has 1 aromatic rings. The highest BCUT2D eigenvalue weighted by molar-refractivity contribution is 9.10. The number of anilines is 2. The highest BCUT2D eigenvalue weighted by Gasteiger charge is 2.24. The smallest absolute Gasteiger partial charge is 0.228 e. The van der Waals surface area contributed by atoms with E-state index in [9.17, 15) is 9.47 Å². The van der Waals surface area contributed by atoms with Crippen molar-refractivity contribution in [1.82, 2.24) is 15.3 Å². The van der Waals surface area contributed by atoms with Crippen LogP contribution in [-0.2, 0) is 10.8 Å². The van der Waals surface area contributed by atoms with Gasteiger partial charge in [0, 0.05) is 61.6 Å². The van der Waals surface area contributed by atoms with Crippen molar-refractivity contribution in [2.75, 3.05) is 60.6 Å².